The highest BCUT2D eigenvalue weighted by atomic mass is 14.6. The largest absolute Gasteiger partial charge is 0.399 e. The van der Waals surface area contributed by atoms with Crippen LogP contribution in [0.25, 0.3) is 5.57 Å². The van der Waals surface area contributed by atoms with Gasteiger partial charge in [0.1, 0.15) is 0 Å². The number of hydrogen-bond acceptors (Lipinski definition) is 2. The minimum Gasteiger partial charge on any atom is -0.399 e. The Bertz CT molecular complexity index is 403. The van der Waals surface area contributed by atoms with Gasteiger partial charge in [0.2, 0.25) is 0 Å². The molecule has 2 rings (SSSR count). The Kier molecular flexibility index (Phi) is 2.27. The molecule has 72 valence electrons. The zero-order chi connectivity index (χ0) is 9.97. The van der Waals surface area contributed by atoms with Gasteiger partial charge < -0.3 is 11.5 Å². The van der Waals surface area contributed by atoms with E-state index in [1.807, 2.05) is 24.3 Å². The Morgan fingerprint density at radius 3 is 2.71 bits per heavy atom. The second kappa shape index (κ2) is 3.58. The molecule has 0 aliphatic heterocycles. The molecule has 0 saturated heterocycles. The molecule has 0 fully saturated rings. The van der Waals surface area contributed by atoms with Crippen LogP contribution in [0.1, 0.15) is 18.4 Å². The summed E-state index contributed by atoms with van der Waals surface area (Å²) in [5.41, 5.74) is 15.6. The average molecular weight is 186 g/mol. The Labute approximate surface area is 83.9 Å². The van der Waals surface area contributed by atoms with Crippen LogP contribution in [0.3, 0.4) is 0 Å². The fourth-order valence-corrected chi connectivity index (χ4v) is 1.69. The third-order valence-electron chi connectivity index (χ3n) is 2.39. The van der Waals surface area contributed by atoms with Gasteiger partial charge in [-0.25, -0.2) is 0 Å². The van der Waals surface area contributed by atoms with E-state index in [1.165, 1.54) is 11.1 Å². The topological polar surface area (TPSA) is 52.0 Å². The van der Waals surface area contributed by atoms with Crippen LogP contribution in [-0.2, 0) is 0 Å². The molecular weight excluding hydrogens is 172 g/mol. The second-order valence-corrected chi connectivity index (χ2v) is 3.54. The fraction of sp³-hybridized carbons (Fsp3) is 0.167. The van der Waals surface area contributed by atoms with Gasteiger partial charge in [0.05, 0.1) is 0 Å². The van der Waals surface area contributed by atoms with Crippen molar-refractivity contribution in [3.63, 3.8) is 0 Å². The molecule has 0 spiro atoms. The lowest BCUT2D eigenvalue weighted by atomic mass is 9.96. The number of allylic oxidation sites excluding steroid dienone is 3. The monoisotopic (exact) mass is 186 g/mol. The van der Waals surface area contributed by atoms with Crippen molar-refractivity contribution in [1.29, 1.82) is 0 Å². The minimum atomic E-state index is 0.802. The van der Waals surface area contributed by atoms with Gasteiger partial charge >= 0.3 is 0 Å². The van der Waals surface area contributed by atoms with Crippen LogP contribution in [0.4, 0.5) is 5.69 Å². The summed E-state index contributed by atoms with van der Waals surface area (Å²) in [6.45, 7) is 0. The quantitative estimate of drug-likeness (QED) is 0.661. The van der Waals surface area contributed by atoms with Crippen molar-refractivity contribution in [2.75, 3.05) is 5.73 Å². The third-order valence-corrected chi connectivity index (χ3v) is 2.39. The first kappa shape index (κ1) is 8.88. The molecule has 0 bridgehead atoms. The standard InChI is InChI=1S/C12H14N2/c13-11-5-1-3-9(7-11)10-4-2-6-12(14)8-10/h1,3,5-8H,2,4,13-14H2. The molecule has 1 aromatic carbocycles. The summed E-state index contributed by atoms with van der Waals surface area (Å²) in [6.07, 6.45) is 6.14. The van der Waals surface area contributed by atoms with Gasteiger partial charge in [-0.1, -0.05) is 18.2 Å². The van der Waals surface area contributed by atoms with E-state index in [9.17, 15) is 0 Å². The Balaban J connectivity index is 2.36. The number of anilines is 1. The molecule has 1 aromatic rings. The molecular formula is C12H14N2. The lowest BCUT2D eigenvalue weighted by molar-refractivity contribution is 1.03. The van der Waals surface area contributed by atoms with Gasteiger partial charge in [0.25, 0.3) is 0 Å². The van der Waals surface area contributed by atoms with E-state index in [1.54, 1.807) is 0 Å². The molecule has 2 nitrogen and oxygen atoms in total. The third kappa shape index (κ3) is 1.79. The van der Waals surface area contributed by atoms with Crippen molar-refractivity contribution >= 4 is 11.3 Å². The molecule has 0 radical (unpaired) electrons. The van der Waals surface area contributed by atoms with Crippen LogP contribution < -0.4 is 11.5 Å². The summed E-state index contributed by atoms with van der Waals surface area (Å²) in [7, 11) is 0. The van der Waals surface area contributed by atoms with E-state index in [0.717, 1.165) is 24.2 Å². The fourth-order valence-electron chi connectivity index (χ4n) is 1.69. The summed E-state index contributed by atoms with van der Waals surface area (Å²) < 4.78 is 0. The smallest absolute Gasteiger partial charge is 0.0320 e. The summed E-state index contributed by atoms with van der Waals surface area (Å²) in [4.78, 5) is 0. The highest BCUT2D eigenvalue weighted by molar-refractivity contribution is 5.71. The zero-order valence-corrected chi connectivity index (χ0v) is 8.03. The van der Waals surface area contributed by atoms with E-state index in [2.05, 4.69) is 12.1 Å². The van der Waals surface area contributed by atoms with E-state index < -0.39 is 0 Å². The van der Waals surface area contributed by atoms with Crippen molar-refractivity contribution in [3.8, 4) is 0 Å². The molecule has 0 saturated carbocycles. The van der Waals surface area contributed by atoms with Crippen molar-refractivity contribution < 1.29 is 0 Å². The Morgan fingerprint density at radius 2 is 2.00 bits per heavy atom. The average Bonchev–Trinajstić information content (AvgIpc) is 2.18. The van der Waals surface area contributed by atoms with Gasteiger partial charge in [0, 0.05) is 11.4 Å². The maximum Gasteiger partial charge on any atom is 0.0320 e. The van der Waals surface area contributed by atoms with E-state index >= 15 is 0 Å². The van der Waals surface area contributed by atoms with E-state index in [-0.39, 0.29) is 0 Å². The van der Waals surface area contributed by atoms with Crippen molar-refractivity contribution in [2.45, 2.75) is 12.8 Å². The van der Waals surface area contributed by atoms with Gasteiger partial charge in [-0.2, -0.15) is 0 Å². The predicted molar refractivity (Wildman–Crippen MR) is 60.3 cm³/mol. The lowest BCUT2D eigenvalue weighted by Crippen LogP contribution is -2.00. The number of nitrogens with two attached hydrogens (primary N) is 2. The first-order valence-corrected chi connectivity index (χ1v) is 4.78. The van der Waals surface area contributed by atoms with Crippen molar-refractivity contribution in [3.05, 3.63) is 47.7 Å². The molecule has 1 aliphatic carbocycles. The number of hydrogen-bond donors (Lipinski definition) is 2. The Hall–Kier alpha value is -1.70. The van der Waals surface area contributed by atoms with Crippen LogP contribution in [0.5, 0.6) is 0 Å². The van der Waals surface area contributed by atoms with Gasteiger partial charge in [-0.3, -0.25) is 0 Å². The van der Waals surface area contributed by atoms with Crippen LogP contribution >= 0.6 is 0 Å². The summed E-state index contributed by atoms with van der Waals surface area (Å²) >= 11 is 0. The van der Waals surface area contributed by atoms with Gasteiger partial charge in [-0.05, 0) is 42.2 Å². The van der Waals surface area contributed by atoms with E-state index in [4.69, 9.17) is 11.5 Å². The second-order valence-electron chi connectivity index (χ2n) is 3.54. The molecule has 2 heteroatoms. The molecule has 0 heterocycles. The maximum absolute atomic E-state index is 5.75. The first-order chi connectivity index (χ1) is 6.75. The molecule has 0 amide bonds. The predicted octanol–water partition coefficient (Wildman–Crippen LogP) is 2.29. The first-order valence-electron chi connectivity index (χ1n) is 4.78. The minimum absolute atomic E-state index is 0.802. The normalized spacial score (nSPS) is 16.0. The maximum atomic E-state index is 5.75. The SMILES string of the molecule is NC1=CCCC(c2cccc(N)c2)=C1. The molecule has 4 N–H and O–H groups in total. The van der Waals surface area contributed by atoms with Crippen molar-refractivity contribution in [2.24, 2.45) is 5.73 Å². The zero-order valence-electron chi connectivity index (χ0n) is 8.03. The molecule has 0 aromatic heterocycles. The van der Waals surface area contributed by atoms with Crippen LogP contribution in [0, 0.1) is 0 Å². The van der Waals surface area contributed by atoms with Crippen LogP contribution in [0.2, 0.25) is 0 Å². The molecule has 1 aliphatic rings. The lowest BCUT2D eigenvalue weighted by Gasteiger charge is -2.12. The van der Waals surface area contributed by atoms with E-state index in [0.29, 0.717) is 0 Å². The van der Waals surface area contributed by atoms with Gasteiger partial charge in [0.15, 0.2) is 0 Å². The molecule has 0 unspecified atom stereocenters. The number of rotatable bonds is 1. The van der Waals surface area contributed by atoms with Crippen LogP contribution in [-0.4, -0.2) is 0 Å². The van der Waals surface area contributed by atoms with Gasteiger partial charge in [-0.15, -0.1) is 0 Å². The van der Waals surface area contributed by atoms with Crippen molar-refractivity contribution in [1.82, 2.24) is 0 Å². The molecule has 0 atom stereocenters. The number of nitrogen functional groups attached to an aromatic ring is 1. The number of benzene rings is 1. The van der Waals surface area contributed by atoms with Crippen LogP contribution in [0.15, 0.2) is 42.1 Å². The summed E-state index contributed by atoms with van der Waals surface area (Å²) in [5.74, 6) is 0. The summed E-state index contributed by atoms with van der Waals surface area (Å²) in [5, 5.41) is 0. The molecule has 14 heavy (non-hydrogen) atoms. The highest BCUT2D eigenvalue weighted by Gasteiger charge is 2.05. The Morgan fingerprint density at radius 1 is 1.14 bits per heavy atom. The highest BCUT2D eigenvalue weighted by Crippen LogP contribution is 2.25. The summed E-state index contributed by atoms with van der Waals surface area (Å²) in [6, 6.07) is 7.93.